The second-order valence-electron chi connectivity index (χ2n) is 8.57. The van der Waals surface area contributed by atoms with E-state index in [0.717, 1.165) is 0 Å². The molecule has 164 valence electrons. The zero-order valence-electron chi connectivity index (χ0n) is 16.1. The Morgan fingerprint density at radius 2 is 1.53 bits per heavy atom. The Bertz CT molecular complexity index is 805. The molecule has 4 fully saturated rings. The van der Waals surface area contributed by atoms with E-state index in [0.29, 0.717) is 30.0 Å². The van der Waals surface area contributed by atoms with E-state index in [1.807, 2.05) is 0 Å². The Labute approximate surface area is 176 Å². The van der Waals surface area contributed by atoms with Crippen LogP contribution in [0.3, 0.4) is 0 Å². The van der Waals surface area contributed by atoms with E-state index in [4.69, 9.17) is 21.1 Å². The Morgan fingerprint density at radius 3 is 2.07 bits per heavy atom. The Hall–Kier alpha value is -2.00. The average Bonchev–Trinajstić information content (AvgIpc) is 2.55. The number of hydrogen-bond acceptors (Lipinski definition) is 4. The van der Waals surface area contributed by atoms with Crippen molar-refractivity contribution in [2.45, 2.75) is 55.5 Å². The molecule has 4 aliphatic rings. The Balaban J connectivity index is 1.11. The smallest absolute Gasteiger partial charge is 0.392 e. The molecule has 2 bridgehead atoms. The van der Waals surface area contributed by atoms with Crippen LogP contribution in [-0.2, 0) is 14.3 Å². The van der Waals surface area contributed by atoms with Crippen molar-refractivity contribution in [1.29, 1.82) is 0 Å². The van der Waals surface area contributed by atoms with Crippen LogP contribution in [0.5, 0.6) is 5.75 Å². The number of ether oxygens (including phenoxy) is 2. The number of benzene rings is 1. The average molecular weight is 447 g/mol. The minimum absolute atomic E-state index is 0.0881. The molecule has 0 atom stereocenters. The summed E-state index contributed by atoms with van der Waals surface area (Å²) in [5.41, 5.74) is -0.665. The molecular formula is C20H22ClF3N2O4. The van der Waals surface area contributed by atoms with E-state index in [-0.39, 0.29) is 48.9 Å². The molecule has 1 aromatic carbocycles. The van der Waals surface area contributed by atoms with Gasteiger partial charge in [-0.3, -0.25) is 9.59 Å². The van der Waals surface area contributed by atoms with Crippen LogP contribution in [0.15, 0.2) is 24.3 Å². The van der Waals surface area contributed by atoms with Crippen LogP contribution in [0.1, 0.15) is 32.1 Å². The molecule has 0 aliphatic heterocycles. The van der Waals surface area contributed by atoms with Gasteiger partial charge in [-0.05, 0) is 56.4 Å². The maximum atomic E-state index is 12.5. The lowest BCUT2D eigenvalue weighted by Gasteiger charge is -2.70. The van der Waals surface area contributed by atoms with Crippen molar-refractivity contribution >= 4 is 23.4 Å². The number of hydrogen-bond donors (Lipinski definition) is 2. The maximum Gasteiger partial charge on any atom is 0.392 e. The van der Waals surface area contributed by atoms with E-state index in [2.05, 4.69) is 10.6 Å². The summed E-state index contributed by atoms with van der Waals surface area (Å²) in [5, 5.41) is 6.41. The summed E-state index contributed by atoms with van der Waals surface area (Å²) in [4.78, 5) is 24.1. The van der Waals surface area contributed by atoms with Gasteiger partial charge in [0, 0.05) is 16.1 Å². The van der Waals surface area contributed by atoms with Gasteiger partial charge in [0.05, 0.1) is 12.0 Å². The third-order valence-electron chi connectivity index (χ3n) is 6.03. The summed E-state index contributed by atoms with van der Waals surface area (Å²) >= 11 is 5.80. The summed E-state index contributed by atoms with van der Waals surface area (Å²) in [5.74, 6) is -1.35. The summed E-state index contributed by atoms with van der Waals surface area (Å²) < 4.78 is 48.0. The lowest BCUT2D eigenvalue weighted by atomic mass is 9.44. The van der Waals surface area contributed by atoms with Gasteiger partial charge < -0.3 is 20.1 Å². The molecule has 0 saturated heterocycles. The fraction of sp³-hybridized carbons (Fsp3) is 0.600. The number of nitrogens with one attached hydrogen (secondary N) is 2. The number of rotatable bonds is 8. The highest BCUT2D eigenvalue weighted by Crippen LogP contribution is 2.60. The molecule has 5 rings (SSSR count). The fourth-order valence-corrected chi connectivity index (χ4v) is 4.68. The minimum Gasteiger partial charge on any atom is -0.484 e. The first-order valence-electron chi connectivity index (χ1n) is 9.75. The number of alkyl halides is 3. The van der Waals surface area contributed by atoms with Crippen LogP contribution in [0.25, 0.3) is 0 Å². The Morgan fingerprint density at radius 1 is 1.00 bits per heavy atom. The lowest BCUT2D eigenvalue weighted by Crippen LogP contribution is -2.84. The highest BCUT2D eigenvalue weighted by atomic mass is 35.5. The van der Waals surface area contributed by atoms with Crippen LogP contribution < -0.4 is 15.4 Å². The first-order chi connectivity index (χ1) is 14.1. The highest BCUT2D eigenvalue weighted by molar-refractivity contribution is 6.30. The van der Waals surface area contributed by atoms with Gasteiger partial charge >= 0.3 is 6.18 Å². The van der Waals surface area contributed by atoms with E-state index >= 15 is 0 Å². The molecule has 30 heavy (non-hydrogen) atoms. The summed E-state index contributed by atoms with van der Waals surface area (Å²) in [7, 11) is 0. The Kier molecular flexibility index (Phi) is 5.38. The quantitative estimate of drug-likeness (QED) is 0.643. The summed E-state index contributed by atoms with van der Waals surface area (Å²) in [6.07, 6.45) is -3.01. The molecule has 4 aliphatic carbocycles. The summed E-state index contributed by atoms with van der Waals surface area (Å²) in [6.45, 7) is -0.359. The first-order valence-corrected chi connectivity index (χ1v) is 10.1. The van der Waals surface area contributed by atoms with Crippen LogP contribution in [0.4, 0.5) is 13.2 Å². The molecule has 0 aromatic heterocycles. The summed E-state index contributed by atoms with van der Waals surface area (Å²) in [6, 6.07) is 6.70. The number of halogens is 4. The molecule has 10 heteroatoms. The maximum absolute atomic E-state index is 12.5. The van der Waals surface area contributed by atoms with Crippen LogP contribution in [0.2, 0.25) is 5.02 Å². The van der Waals surface area contributed by atoms with Crippen molar-refractivity contribution in [2.24, 2.45) is 5.92 Å². The number of carbonyl (C=O) groups is 2. The van der Waals surface area contributed by atoms with Gasteiger partial charge in [0.15, 0.2) is 6.61 Å². The number of carbonyl (C=O) groups excluding carboxylic acids is 2. The largest absolute Gasteiger partial charge is 0.484 e. The van der Waals surface area contributed by atoms with E-state index < -0.39 is 18.2 Å². The zero-order valence-corrected chi connectivity index (χ0v) is 16.8. The molecule has 0 radical (unpaired) electrons. The van der Waals surface area contributed by atoms with Crippen LogP contribution in [-0.4, -0.2) is 48.4 Å². The molecule has 0 spiro atoms. The third-order valence-corrected chi connectivity index (χ3v) is 6.28. The topological polar surface area (TPSA) is 76.7 Å². The van der Waals surface area contributed by atoms with E-state index in [1.54, 1.807) is 24.3 Å². The molecule has 0 heterocycles. The first kappa shape index (κ1) is 21.2. The second-order valence-corrected chi connectivity index (χ2v) is 9.01. The molecule has 6 nitrogen and oxygen atoms in total. The van der Waals surface area contributed by atoms with Crippen molar-refractivity contribution in [3.8, 4) is 5.75 Å². The molecule has 0 unspecified atom stereocenters. The van der Waals surface area contributed by atoms with Gasteiger partial charge in [0.1, 0.15) is 12.4 Å². The van der Waals surface area contributed by atoms with Crippen molar-refractivity contribution in [3.63, 3.8) is 0 Å². The molecule has 4 saturated carbocycles. The van der Waals surface area contributed by atoms with Crippen LogP contribution >= 0.6 is 11.6 Å². The molecule has 2 N–H and O–H groups in total. The second kappa shape index (κ2) is 7.60. The van der Waals surface area contributed by atoms with Gasteiger partial charge in [-0.2, -0.15) is 13.2 Å². The van der Waals surface area contributed by atoms with Crippen molar-refractivity contribution in [1.82, 2.24) is 10.6 Å². The fourth-order valence-electron chi connectivity index (χ4n) is 4.56. The third kappa shape index (κ3) is 4.51. The predicted molar refractivity (Wildman–Crippen MR) is 101 cm³/mol. The normalized spacial score (nSPS) is 31.6. The molecular weight excluding hydrogens is 425 g/mol. The molecule has 2 amide bonds. The van der Waals surface area contributed by atoms with Gasteiger partial charge in [0.2, 0.25) is 5.91 Å². The van der Waals surface area contributed by atoms with Crippen molar-refractivity contribution < 1.29 is 32.2 Å². The number of amides is 2. The van der Waals surface area contributed by atoms with Crippen LogP contribution in [0, 0.1) is 5.92 Å². The van der Waals surface area contributed by atoms with Crippen molar-refractivity contribution in [3.05, 3.63) is 29.3 Å². The van der Waals surface area contributed by atoms with Gasteiger partial charge in [-0.15, -0.1) is 0 Å². The monoisotopic (exact) mass is 446 g/mol. The van der Waals surface area contributed by atoms with E-state index in [9.17, 15) is 22.8 Å². The van der Waals surface area contributed by atoms with Gasteiger partial charge in [-0.25, -0.2) is 0 Å². The zero-order chi connectivity index (χ0) is 21.6. The SMILES string of the molecule is O=C(COc1ccc(Cl)cc1)NC12CC(NC(=O)COC3CC(C(F)(F)F)C3)(C1)C2. The van der Waals surface area contributed by atoms with Crippen molar-refractivity contribution in [2.75, 3.05) is 13.2 Å². The molecule has 1 aromatic rings. The minimum atomic E-state index is -4.19. The lowest BCUT2D eigenvalue weighted by molar-refractivity contribution is -0.220. The highest BCUT2D eigenvalue weighted by Gasteiger charge is 2.69. The predicted octanol–water partition coefficient (Wildman–Crippen LogP) is 2.98. The standard InChI is InChI=1S/C20H22ClF3N2O4/c21-13-1-3-14(4-2-13)29-7-16(27)25-18-9-19(10-18,11-18)26-17(28)8-30-15-5-12(6-15)20(22,23)24/h1-4,12,15H,5-11H2,(H,25,27)(H,26,28). The van der Waals surface area contributed by atoms with E-state index in [1.165, 1.54) is 0 Å². The van der Waals surface area contributed by atoms with Gasteiger partial charge in [-0.1, -0.05) is 11.6 Å². The van der Waals surface area contributed by atoms with Gasteiger partial charge in [0.25, 0.3) is 5.91 Å².